The quantitative estimate of drug-likeness (QED) is 0.574. The van der Waals surface area contributed by atoms with Crippen molar-refractivity contribution in [3.63, 3.8) is 0 Å². The molecular formula is C21H20F3NO. The Hall–Kier alpha value is -2.53. The van der Waals surface area contributed by atoms with Crippen molar-refractivity contribution in [3.8, 4) is 5.75 Å². The summed E-state index contributed by atoms with van der Waals surface area (Å²) in [6.45, 7) is 0.766. The molecule has 3 aromatic carbocycles. The molecule has 1 N–H and O–H groups in total. The molecule has 5 heteroatoms. The second-order valence-corrected chi connectivity index (χ2v) is 6.06. The van der Waals surface area contributed by atoms with Gasteiger partial charge in [0.15, 0.2) is 0 Å². The standard InChI is InChI=1S/C21H20F3NO/c22-18-7-8-20-16(4-2-5-17(20)12-18)9-10-25-13-15-3-1-6-19(11-15)26-14-21(23)24/h1-8,11-12,21,25H,9-10,13-14H2. The molecule has 0 saturated carbocycles. The van der Waals surface area contributed by atoms with Crippen LogP contribution in [0.2, 0.25) is 0 Å². The normalized spacial score (nSPS) is 11.2. The Balaban J connectivity index is 1.54. The predicted octanol–water partition coefficient (Wildman–Crippen LogP) is 4.96. The number of nitrogens with one attached hydrogen (secondary N) is 1. The van der Waals surface area contributed by atoms with Gasteiger partial charge in [0.2, 0.25) is 0 Å². The first-order valence-corrected chi connectivity index (χ1v) is 8.49. The van der Waals surface area contributed by atoms with Gasteiger partial charge in [-0.05, 0) is 59.1 Å². The molecule has 0 spiro atoms. The van der Waals surface area contributed by atoms with E-state index >= 15 is 0 Å². The van der Waals surface area contributed by atoms with Crippen LogP contribution in [0, 0.1) is 5.82 Å². The Kier molecular flexibility index (Phi) is 6.12. The van der Waals surface area contributed by atoms with Crippen LogP contribution in [0.4, 0.5) is 13.2 Å². The van der Waals surface area contributed by atoms with Crippen LogP contribution in [0.1, 0.15) is 11.1 Å². The highest BCUT2D eigenvalue weighted by Gasteiger charge is 2.05. The molecule has 0 radical (unpaired) electrons. The largest absolute Gasteiger partial charge is 0.488 e. The lowest BCUT2D eigenvalue weighted by atomic mass is 10.0. The lowest BCUT2D eigenvalue weighted by molar-refractivity contribution is 0.0818. The summed E-state index contributed by atoms with van der Waals surface area (Å²) in [5, 5.41) is 5.29. The van der Waals surface area contributed by atoms with Gasteiger partial charge in [-0.15, -0.1) is 0 Å². The van der Waals surface area contributed by atoms with Gasteiger partial charge in [-0.25, -0.2) is 13.2 Å². The average Bonchev–Trinajstić information content (AvgIpc) is 2.63. The molecule has 0 aliphatic heterocycles. The molecule has 0 heterocycles. The summed E-state index contributed by atoms with van der Waals surface area (Å²) in [6, 6.07) is 17.8. The first-order chi connectivity index (χ1) is 12.6. The number of benzene rings is 3. The number of halogens is 3. The van der Waals surface area contributed by atoms with Gasteiger partial charge in [-0.2, -0.15) is 0 Å². The zero-order valence-electron chi connectivity index (χ0n) is 14.2. The van der Waals surface area contributed by atoms with E-state index in [9.17, 15) is 13.2 Å². The molecule has 2 nitrogen and oxygen atoms in total. The van der Waals surface area contributed by atoms with Crippen LogP contribution >= 0.6 is 0 Å². The van der Waals surface area contributed by atoms with E-state index in [-0.39, 0.29) is 5.82 Å². The van der Waals surface area contributed by atoms with Crippen molar-refractivity contribution in [1.29, 1.82) is 0 Å². The molecule has 136 valence electrons. The van der Waals surface area contributed by atoms with Gasteiger partial charge in [-0.3, -0.25) is 0 Å². The molecule has 0 saturated heterocycles. The van der Waals surface area contributed by atoms with Crippen molar-refractivity contribution in [2.24, 2.45) is 0 Å². The summed E-state index contributed by atoms with van der Waals surface area (Å²) in [4.78, 5) is 0. The molecule has 3 rings (SSSR count). The Labute approximate surface area is 150 Å². The van der Waals surface area contributed by atoms with Crippen LogP contribution in [-0.4, -0.2) is 19.6 Å². The van der Waals surface area contributed by atoms with E-state index in [4.69, 9.17) is 4.74 Å². The third-order valence-electron chi connectivity index (χ3n) is 4.11. The maximum absolute atomic E-state index is 13.3. The SMILES string of the molecule is Fc1ccc2c(CCNCc3cccc(OCC(F)F)c3)cccc2c1. The number of fused-ring (bicyclic) bond motifs is 1. The van der Waals surface area contributed by atoms with Gasteiger partial charge in [0.05, 0.1) is 0 Å². The Morgan fingerprint density at radius 2 is 1.81 bits per heavy atom. The van der Waals surface area contributed by atoms with E-state index in [1.807, 2.05) is 30.3 Å². The fourth-order valence-electron chi connectivity index (χ4n) is 2.90. The van der Waals surface area contributed by atoms with E-state index in [1.54, 1.807) is 18.2 Å². The Morgan fingerprint density at radius 1 is 0.962 bits per heavy atom. The average molecular weight is 359 g/mol. The van der Waals surface area contributed by atoms with Crippen LogP contribution in [0.5, 0.6) is 5.75 Å². The van der Waals surface area contributed by atoms with Crippen molar-refractivity contribution >= 4 is 10.8 Å². The van der Waals surface area contributed by atoms with Crippen molar-refractivity contribution in [1.82, 2.24) is 5.32 Å². The zero-order chi connectivity index (χ0) is 18.4. The first kappa shape index (κ1) is 18.3. The van der Waals surface area contributed by atoms with Gasteiger partial charge in [0.25, 0.3) is 6.43 Å². The molecule has 0 aromatic heterocycles. The number of rotatable bonds is 8. The number of alkyl halides is 2. The summed E-state index contributed by atoms with van der Waals surface area (Å²) in [7, 11) is 0. The fraction of sp³-hybridized carbons (Fsp3) is 0.238. The summed E-state index contributed by atoms with van der Waals surface area (Å²) >= 11 is 0. The predicted molar refractivity (Wildman–Crippen MR) is 97.3 cm³/mol. The van der Waals surface area contributed by atoms with E-state index in [0.717, 1.165) is 34.9 Å². The van der Waals surface area contributed by atoms with Crippen LogP contribution in [0.3, 0.4) is 0 Å². The Morgan fingerprint density at radius 3 is 2.65 bits per heavy atom. The monoisotopic (exact) mass is 359 g/mol. The molecule has 0 amide bonds. The van der Waals surface area contributed by atoms with E-state index < -0.39 is 13.0 Å². The van der Waals surface area contributed by atoms with Crippen molar-refractivity contribution in [2.45, 2.75) is 19.4 Å². The maximum atomic E-state index is 13.3. The molecule has 0 atom stereocenters. The van der Waals surface area contributed by atoms with Gasteiger partial charge < -0.3 is 10.1 Å². The zero-order valence-corrected chi connectivity index (χ0v) is 14.2. The van der Waals surface area contributed by atoms with E-state index in [1.165, 1.54) is 12.1 Å². The van der Waals surface area contributed by atoms with E-state index in [2.05, 4.69) is 5.32 Å². The van der Waals surface area contributed by atoms with Crippen LogP contribution < -0.4 is 10.1 Å². The lowest BCUT2D eigenvalue weighted by Gasteiger charge is -2.10. The number of hydrogen-bond donors (Lipinski definition) is 1. The van der Waals surface area contributed by atoms with Crippen LogP contribution in [0.25, 0.3) is 10.8 Å². The third-order valence-corrected chi connectivity index (χ3v) is 4.11. The van der Waals surface area contributed by atoms with Crippen molar-refractivity contribution < 1.29 is 17.9 Å². The van der Waals surface area contributed by atoms with Gasteiger partial charge >= 0.3 is 0 Å². The lowest BCUT2D eigenvalue weighted by Crippen LogP contribution is -2.17. The highest BCUT2D eigenvalue weighted by Crippen LogP contribution is 2.20. The minimum atomic E-state index is -2.48. The molecule has 3 aromatic rings. The molecule has 0 aliphatic rings. The summed E-state index contributed by atoms with van der Waals surface area (Å²) in [6.07, 6.45) is -1.67. The summed E-state index contributed by atoms with van der Waals surface area (Å²) in [5.41, 5.74) is 2.13. The van der Waals surface area contributed by atoms with Crippen molar-refractivity contribution in [2.75, 3.05) is 13.2 Å². The molecular weight excluding hydrogens is 339 g/mol. The second-order valence-electron chi connectivity index (χ2n) is 6.06. The van der Waals surface area contributed by atoms with Crippen molar-refractivity contribution in [3.05, 3.63) is 77.6 Å². The molecule has 0 aliphatic carbocycles. The molecule has 0 unspecified atom stereocenters. The molecule has 0 bridgehead atoms. The molecule has 26 heavy (non-hydrogen) atoms. The summed E-state index contributed by atoms with van der Waals surface area (Å²) < 4.78 is 42.8. The number of hydrogen-bond acceptors (Lipinski definition) is 2. The number of ether oxygens (including phenoxy) is 1. The van der Waals surface area contributed by atoms with Crippen LogP contribution in [-0.2, 0) is 13.0 Å². The summed E-state index contributed by atoms with van der Waals surface area (Å²) in [5.74, 6) is 0.211. The maximum Gasteiger partial charge on any atom is 0.272 e. The topological polar surface area (TPSA) is 21.3 Å². The highest BCUT2D eigenvalue weighted by atomic mass is 19.3. The van der Waals surface area contributed by atoms with E-state index in [0.29, 0.717) is 12.3 Å². The third kappa shape index (κ3) is 4.99. The van der Waals surface area contributed by atoms with Gasteiger partial charge in [0, 0.05) is 6.54 Å². The Bertz CT molecular complexity index is 867. The highest BCUT2D eigenvalue weighted by molar-refractivity contribution is 5.85. The smallest absolute Gasteiger partial charge is 0.272 e. The second kappa shape index (κ2) is 8.72. The molecule has 0 fully saturated rings. The fourth-order valence-corrected chi connectivity index (χ4v) is 2.90. The minimum absolute atomic E-state index is 0.235. The van der Waals surface area contributed by atoms with Crippen LogP contribution in [0.15, 0.2) is 60.7 Å². The minimum Gasteiger partial charge on any atom is -0.488 e. The van der Waals surface area contributed by atoms with Gasteiger partial charge in [0.1, 0.15) is 18.2 Å². The first-order valence-electron chi connectivity index (χ1n) is 8.49. The van der Waals surface area contributed by atoms with Gasteiger partial charge in [-0.1, -0.05) is 36.4 Å².